The van der Waals surface area contributed by atoms with E-state index in [9.17, 15) is 8.42 Å². The highest BCUT2D eigenvalue weighted by Gasteiger charge is 2.19. The lowest BCUT2D eigenvalue weighted by Gasteiger charge is -2.20. The molecule has 0 fully saturated rings. The molecule has 0 radical (unpaired) electrons. The summed E-state index contributed by atoms with van der Waals surface area (Å²) in [6.07, 6.45) is 3.18. The Morgan fingerprint density at radius 3 is 2.29 bits per heavy atom. The molecule has 0 saturated carbocycles. The number of nitrogens with zero attached hydrogens (tertiary/aromatic N) is 1. The van der Waals surface area contributed by atoms with Crippen molar-refractivity contribution in [1.82, 2.24) is 9.71 Å². The van der Waals surface area contributed by atoms with Crippen LogP contribution in [0.4, 0.5) is 0 Å². The van der Waals surface area contributed by atoms with Gasteiger partial charge in [0.1, 0.15) is 0 Å². The van der Waals surface area contributed by atoms with E-state index in [0.717, 1.165) is 0 Å². The smallest absolute Gasteiger partial charge is 0.216 e. The van der Waals surface area contributed by atoms with Crippen molar-refractivity contribution in [2.75, 3.05) is 0 Å². The van der Waals surface area contributed by atoms with E-state index in [1.165, 1.54) is 0 Å². The molecule has 4 nitrogen and oxygen atoms in total. The van der Waals surface area contributed by atoms with Gasteiger partial charge in [-0.15, -0.1) is 0 Å². The van der Waals surface area contributed by atoms with Crippen molar-refractivity contribution in [3.05, 3.63) is 30.1 Å². The summed E-state index contributed by atoms with van der Waals surface area (Å²) in [6, 6.07) is 3.47. The fraction of sp³-hybridized carbons (Fsp3) is 0.583. The summed E-state index contributed by atoms with van der Waals surface area (Å²) in [5.74, 6) is -0.0297. The summed E-state index contributed by atoms with van der Waals surface area (Å²) in [4.78, 5) is 3.87. The zero-order chi connectivity index (χ0) is 13.5. The van der Waals surface area contributed by atoms with Crippen LogP contribution in [0.25, 0.3) is 0 Å². The summed E-state index contributed by atoms with van der Waals surface area (Å²) in [7, 11) is -3.28. The Bertz CT molecular complexity index is 408. The van der Waals surface area contributed by atoms with E-state index in [-0.39, 0.29) is 5.75 Å². The second-order valence-corrected chi connectivity index (χ2v) is 6.19. The monoisotopic (exact) mass is 258 g/mol. The van der Waals surface area contributed by atoms with Gasteiger partial charge in [-0.25, -0.2) is 13.1 Å². The number of nitrogens with one attached hydrogen (secondary N) is 1. The standard InChI is InChI=1S/C10H16N2O2S.C2H6/c1-10(2,3)12-15(13,14)8-9-5-4-6-11-7-9;1-2/h4-7,12H,8H2,1-3H3;1-2H3. The first-order valence-electron chi connectivity index (χ1n) is 5.69. The minimum atomic E-state index is -3.28. The van der Waals surface area contributed by atoms with Gasteiger partial charge in [0.2, 0.25) is 10.0 Å². The molecular formula is C12H22N2O2S. The summed E-state index contributed by atoms with van der Waals surface area (Å²) in [5, 5.41) is 0. The Morgan fingerprint density at radius 1 is 1.29 bits per heavy atom. The molecule has 17 heavy (non-hydrogen) atoms. The third-order valence-corrected chi connectivity index (χ3v) is 3.18. The molecular weight excluding hydrogens is 236 g/mol. The molecule has 5 heteroatoms. The van der Waals surface area contributed by atoms with Crippen molar-refractivity contribution in [2.45, 2.75) is 45.9 Å². The van der Waals surface area contributed by atoms with Crippen molar-refractivity contribution in [3.63, 3.8) is 0 Å². The zero-order valence-electron chi connectivity index (χ0n) is 11.2. The van der Waals surface area contributed by atoms with E-state index in [2.05, 4.69) is 9.71 Å². The van der Waals surface area contributed by atoms with Crippen LogP contribution in [0.2, 0.25) is 0 Å². The number of aromatic nitrogens is 1. The van der Waals surface area contributed by atoms with Crippen molar-refractivity contribution >= 4 is 10.0 Å². The van der Waals surface area contributed by atoms with Crippen molar-refractivity contribution < 1.29 is 8.42 Å². The van der Waals surface area contributed by atoms with Crippen LogP contribution in [0, 0.1) is 0 Å². The topological polar surface area (TPSA) is 59.1 Å². The predicted octanol–water partition coefficient (Wildman–Crippen LogP) is 2.33. The molecule has 0 saturated heterocycles. The first-order chi connectivity index (χ1) is 7.79. The lowest BCUT2D eigenvalue weighted by atomic mass is 10.1. The molecule has 98 valence electrons. The van der Waals surface area contributed by atoms with Gasteiger partial charge >= 0.3 is 0 Å². The molecule has 0 aliphatic carbocycles. The first kappa shape index (κ1) is 16.1. The molecule has 1 N–H and O–H groups in total. The molecule has 0 unspecified atom stereocenters. The van der Waals surface area contributed by atoms with E-state index in [4.69, 9.17) is 0 Å². The molecule has 1 heterocycles. The SMILES string of the molecule is CC.CC(C)(C)NS(=O)(=O)Cc1cccnc1. The van der Waals surface area contributed by atoms with Gasteiger partial charge in [0.25, 0.3) is 0 Å². The van der Waals surface area contributed by atoms with Crippen LogP contribution in [-0.4, -0.2) is 18.9 Å². The van der Waals surface area contributed by atoms with Crippen LogP contribution >= 0.6 is 0 Å². The van der Waals surface area contributed by atoms with Crippen molar-refractivity contribution in [3.8, 4) is 0 Å². The molecule has 0 aromatic carbocycles. The molecule has 0 aliphatic rings. The number of rotatable bonds is 3. The average Bonchev–Trinajstić information content (AvgIpc) is 2.17. The van der Waals surface area contributed by atoms with Gasteiger partial charge in [-0.3, -0.25) is 4.98 Å². The molecule has 1 aromatic heterocycles. The van der Waals surface area contributed by atoms with Crippen molar-refractivity contribution in [1.29, 1.82) is 0 Å². The van der Waals surface area contributed by atoms with Gasteiger partial charge in [-0.05, 0) is 32.4 Å². The van der Waals surface area contributed by atoms with Gasteiger partial charge in [0.15, 0.2) is 0 Å². The largest absolute Gasteiger partial charge is 0.264 e. The molecule has 0 atom stereocenters. The van der Waals surface area contributed by atoms with Gasteiger partial charge < -0.3 is 0 Å². The molecule has 0 amide bonds. The van der Waals surface area contributed by atoms with E-state index < -0.39 is 15.6 Å². The Balaban J connectivity index is 0.00000121. The van der Waals surface area contributed by atoms with Gasteiger partial charge in [-0.2, -0.15) is 0 Å². The molecule has 0 aliphatic heterocycles. The summed E-state index contributed by atoms with van der Waals surface area (Å²) in [6.45, 7) is 9.44. The van der Waals surface area contributed by atoms with E-state index >= 15 is 0 Å². The van der Waals surface area contributed by atoms with Crippen LogP contribution in [-0.2, 0) is 15.8 Å². The van der Waals surface area contributed by atoms with E-state index in [1.54, 1.807) is 24.5 Å². The quantitative estimate of drug-likeness (QED) is 0.905. The molecule has 0 bridgehead atoms. The van der Waals surface area contributed by atoms with Crippen molar-refractivity contribution in [2.24, 2.45) is 0 Å². The van der Waals surface area contributed by atoms with E-state index in [0.29, 0.717) is 5.56 Å². The predicted molar refractivity (Wildman–Crippen MR) is 71.1 cm³/mol. The normalized spacial score (nSPS) is 11.6. The first-order valence-corrected chi connectivity index (χ1v) is 7.34. The minimum Gasteiger partial charge on any atom is -0.264 e. The maximum Gasteiger partial charge on any atom is 0.216 e. The second kappa shape index (κ2) is 6.71. The van der Waals surface area contributed by atoms with Crippen LogP contribution in [0.1, 0.15) is 40.2 Å². The Labute approximate surface area is 105 Å². The van der Waals surface area contributed by atoms with Gasteiger partial charge in [0.05, 0.1) is 5.75 Å². The lowest BCUT2D eigenvalue weighted by Crippen LogP contribution is -2.41. The Morgan fingerprint density at radius 2 is 1.88 bits per heavy atom. The van der Waals surface area contributed by atoms with Gasteiger partial charge in [-0.1, -0.05) is 19.9 Å². The lowest BCUT2D eigenvalue weighted by molar-refractivity contribution is 0.491. The van der Waals surface area contributed by atoms with Crippen LogP contribution in [0.5, 0.6) is 0 Å². The van der Waals surface area contributed by atoms with Crippen LogP contribution in [0.3, 0.4) is 0 Å². The van der Waals surface area contributed by atoms with Crippen LogP contribution < -0.4 is 4.72 Å². The average molecular weight is 258 g/mol. The van der Waals surface area contributed by atoms with Gasteiger partial charge in [0, 0.05) is 17.9 Å². The highest BCUT2D eigenvalue weighted by molar-refractivity contribution is 7.88. The number of hydrogen-bond acceptors (Lipinski definition) is 3. The number of pyridine rings is 1. The summed E-state index contributed by atoms with van der Waals surface area (Å²) in [5.41, 5.74) is 0.246. The maximum atomic E-state index is 11.7. The van der Waals surface area contributed by atoms with E-state index in [1.807, 2.05) is 34.6 Å². The Hall–Kier alpha value is -0.940. The highest BCUT2D eigenvalue weighted by Crippen LogP contribution is 2.07. The number of sulfonamides is 1. The fourth-order valence-electron chi connectivity index (χ4n) is 1.21. The third kappa shape index (κ3) is 7.88. The molecule has 1 aromatic rings. The molecule has 1 rings (SSSR count). The summed E-state index contributed by atoms with van der Waals surface area (Å²) < 4.78 is 25.9. The molecule has 0 spiro atoms. The minimum absolute atomic E-state index is 0.0297. The fourth-order valence-corrected chi connectivity index (χ4v) is 2.82. The zero-order valence-corrected chi connectivity index (χ0v) is 12.0. The third-order valence-electron chi connectivity index (χ3n) is 1.54. The summed E-state index contributed by atoms with van der Waals surface area (Å²) >= 11 is 0. The Kier molecular flexibility index (Phi) is 6.34. The second-order valence-electron chi connectivity index (χ2n) is 4.47. The maximum absolute atomic E-state index is 11.7. The highest BCUT2D eigenvalue weighted by atomic mass is 32.2. The number of hydrogen-bond donors (Lipinski definition) is 1. The van der Waals surface area contributed by atoms with Crippen LogP contribution in [0.15, 0.2) is 24.5 Å².